The monoisotopic (exact) mass is 484 g/mol. The van der Waals surface area contributed by atoms with Gasteiger partial charge < -0.3 is 25.5 Å². The van der Waals surface area contributed by atoms with E-state index in [0.717, 1.165) is 12.1 Å². The second-order valence-corrected chi connectivity index (χ2v) is 4.70. The number of benzene rings is 1. The Morgan fingerprint density at radius 2 is 1.92 bits per heavy atom. The summed E-state index contributed by atoms with van der Waals surface area (Å²) in [7, 11) is 0. The first kappa shape index (κ1) is 21.6. The topological polar surface area (TPSA) is 102 Å². The van der Waals surface area contributed by atoms with Gasteiger partial charge in [0.15, 0.2) is 11.7 Å². The van der Waals surface area contributed by atoms with Crippen LogP contribution in [0, 0.1) is 0 Å². The van der Waals surface area contributed by atoms with Crippen molar-refractivity contribution >= 4 is 41.5 Å². The number of nitrogens with two attached hydrogens (primary N) is 1. The van der Waals surface area contributed by atoms with Gasteiger partial charge in [-0.2, -0.15) is 0 Å². The zero-order chi connectivity index (χ0) is 18.3. The number of nitrogens with one attached hydrogen (secondary N) is 2. The molecule has 4 N–H and O–H groups in total. The minimum absolute atomic E-state index is 0. The van der Waals surface area contributed by atoms with Crippen molar-refractivity contribution in [1.82, 2.24) is 5.32 Å². The van der Waals surface area contributed by atoms with Gasteiger partial charge in [0, 0.05) is 12.2 Å². The highest BCUT2D eigenvalue weighted by atomic mass is 127. The molecule has 0 fully saturated rings. The van der Waals surface area contributed by atoms with E-state index in [-0.39, 0.29) is 60.4 Å². The normalized spacial score (nSPS) is 11.4. The summed E-state index contributed by atoms with van der Waals surface area (Å²) in [6.45, 7) is 0.445. The highest BCUT2D eigenvalue weighted by Gasteiger charge is 2.30. The van der Waals surface area contributed by atoms with E-state index in [9.17, 15) is 18.0 Å². The maximum atomic E-state index is 12.1. The number of hydrogen-bond donors (Lipinski definition) is 3. The van der Waals surface area contributed by atoms with E-state index < -0.39 is 6.36 Å². The number of carbonyl (C=O) groups excluding carboxylic acids is 1. The average Bonchev–Trinajstić information content (AvgIpc) is 3.06. The van der Waals surface area contributed by atoms with Crippen LogP contribution in [0.4, 0.5) is 18.9 Å². The van der Waals surface area contributed by atoms with Crippen LogP contribution in [0.2, 0.25) is 0 Å². The van der Waals surface area contributed by atoms with Crippen molar-refractivity contribution in [2.75, 3.05) is 18.4 Å². The number of furan rings is 1. The Labute approximate surface area is 163 Å². The van der Waals surface area contributed by atoms with Crippen molar-refractivity contribution in [2.45, 2.75) is 6.36 Å². The van der Waals surface area contributed by atoms with E-state index in [2.05, 4.69) is 20.4 Å². The van der Waals surface area contributed by atoms with Crippen molar-refractivity contribution in [1.29, 1.82) is 0 Å². The molecule has 2 aromatic rings. The molecule has 0 aliphatic carbocycles. The molecule has 0 spiro atoms. The van der Waals surface area contributed by atoms with E-state index in [1.54, 1.807) is 6.07 Å². The summed E-state index contributed by atoms with van der Waals surface area (Å²) in [5, 5.41) is 5.29. The molecule has 1 heterocycles. The molecule has 0 atom stereocenters. The van der Waals surface area contributed by atoms with Crippen LogP contribution < -0.4 is 21.1 Å². The van der Waals surface area contributed by atoms with Crippen molar-refractivity contribution < 1.29 is 27.1 Å². The van der Waals surface area contributed by atoms with E-state index in [1.165, 1.54) is 24.5 Å². The minimum atomic E-state index is -4.74. The number of guanidine groups is 1. The molecule has 0 aliphatic rings. The van der Waals surface area contributed by atoms with Crippen LogP contribution in [-0.2, 0) is 0 Å². The van der Waals surface area contributed by atoms with Crippen LogP contribution in [0.5, 0.6) is 5.75 Å². The lowest BCUT2D eigenvalue weighted by Gasteiger charge is -2.10. The van der Waals surface area contributed by atoms with Gasteiger partial charge in [0.25, 0.3) is 5.91 Å². The zero-order valence-electron chi connectivity index (χ0n) is 13.2. The molecule has 0 radical (unpaired) electrons. The SMILES string of the molecule is I.NC(=NCCNC(=O)c1ccco1)Nc1ccc(OC(F)(F)F)cc1. The van der Waals surface area contributed by atoms with E-state index >= 15 is 0 Å². The van der Waals surface area contributed by atoms with Gasteiger partial charge in [-0.05, 0) is 36.4 Å². The Morgan fingerprint density at radius 3 is 2.50 bits per heavy atom. The number of amides is 1. The number of nitrogens with zero attached hydrogens (tertiary/aromatic N) is 1. The Hall–Kier alpha value is -2.44. The quantitative estimate of drug-likeness (QED) is 0.253. The molecule has 1 aromatic carbocycles. The number of alkyl halides is 3. The largest absolute Gasteiger partial charge is 0.573 e. The second kappa shape index (κ2) is 9.89. The molecule has 0 unspecified atom stereocenters. The fraction of sp³-hybridized carbons (Fsp3) is 0.200. The lowest BCUT2D eigenvalue weighted by atomic mass is 10.3. The van der Waals surface area contributed by atoms with Crippen molar-refractivity contribution in [3.63, 3.8) is 0 Å². The smallest absolute Gasteiger partial charge is 0.459 e. The number of carbonyl (C=O) groups is 1. The Kier molecular flexibility index (Phi) is 8.22. The first-order valence-electron chi connectivity index (χ1n) is 7.08. The highest BCUT2D eigenvalue weighted by molar-refractivity contribution is 14.0. The maximum absolute atomic E-state index is 12.1. The third-order valence-corrected chi connectivity index (χ3v) is 2.78. The molecule has 26 heavy (non-hydrogen) atoms. The predicted octanol–water partition coefficient (Wildman–Crippen LogP) is 2.95. The predicted molar refractivity (Wildman–Crippen MR) is 99.7 cm³/mol. The van der Waals surface area contributed by atoms with Crippen LogP contribution in [0.15, 0.2) is 52.1 Å². The van der Waals surface area contributed by atoms with Gasteiger partial charge in [0.2, 0.25) is 0 Å². The fourth-order valence-electron chi connectivity index (χ4n) is 1.77. The highest BCUT2D eigenvalue weighted by Crippen LogP contribution is 2.23. The third kappa shape index (κ3) is 7.63. The van der Waals surface area contributed by atoms with E-state index in [4.69, 9.17) is 10.2 Å². The number of rotatable bonds is 6. The average molecular weight is 484 g/mol. The zero-order valence-corrected chi connectivity index (χ0v) is 15.6. The molecule has 1 aromatic heterocycles. The number of aliphatic imine (C=N–C) groups is 1. The van der Waals surface area contributed by atoms with Gasteiger partial charge in [-0.25, -0.2) is 0 Å². The first-order valence-corrected chi connectivity index (χ1v) is 7.08. The maximum Gasteiger partial charge on any atom is 0.573 e. The summed E-state index contributed by atoms with van der Waals surface area (Å²) >= 11 is 0. The summed E-state index contributed by atoms with van der Waals surface area (Å²) < 4.78 is 44.9. The lowest BCUT2D eigenvalue weighted by molar-refractivity contribution is -0.274. The molecule has 0 bridgehead atoms. The lowest BCUT2D eigenvalue weighted by Crippen LogP contribution is -2.28. The van der Waals surface area contributed by atoms with E-state index in [1.807, 2.05) is 0 Å². The number of halogens is 4. The van der Waals surface area contributed by atoms with Gasteiger partial charge in [-0.1, -0.05) is 0 Å². The molecule has 1 amide bonds. The van der Waals surface area contributed by atoms with Gasteiger partial charge in [0.1, 0.15) is 5.75 Å². The molecule has 142 valence electrons. The van der Waals surface area contributed by atoms with Gasteiger partial charge in [-0.15, -0.1) is 37.1 Å². The Bertz CT molecular complexity index is 719. The van der Waals surface area contributed by atoms with Crippen molar-refractivity contribution in [3.8, 4) is 5.75 Å². The molecule has 0 saturated carbocycles. The number of ether oxygens (including phenoxy) is 1. The third-order valence-electron chi connectivity index (χ3n) is 2.78. The Balaban J connectivity index is 0.00000338. The first-order chi connectivity index (χ1) is 11.8. The molecular weight excluding hydrogens is 468 g/mol. The molecule has 2 rings (SSSR count). The summed E-state index contributed by atoms with van der Waals surface area (Å²) in [5.74, 6) is -0.464. The van der Waals surface area contributed by atoms with Gasteiger partial charge >= 0.3 is 6.36 Å². The van der Waals surface area contributed by atoms with Crippen LogP contribution in [-0.4, -0.2) is 31.3 Å². The summed E-state index contributed by atoms with van der Waals surface area (Å²) in [4.78, 5) is 15.6. The molecule has 0 aliphatic heterocycles. The van der Waals surface area contributed by atoms with Crippen LogP contribution in [0.25, 0.3) is 0 Å². The van der Waals surface area contributed by atoms with Crippen molar-refractivity contribution in [3.05, 3.63) is 48.4 Å². The fourth-order valence-corrected chi connectivity index (χ4v) is 1.77. The molecule has 11 heteroatoms. The summed E-state index contributed by atoms with van der Waals surface area (Å²) in [6.07, 6.45) is -3.35. The van der Waals surface area contributed by atoms with Crippen molar-refractivity contribution in [2.24, 2.45) is 10.7 Å². The van der Waals surface area contributed by atoms with Crippen LogP contribution >= 0.6 is 24.0 Å². The minimum Gasteiger partial charge on any atom is -0.459 e. The Morgan fingerprint density at radius 1 is 1.23 bits per heavy atom. The second-order valence-electron chi connectivity index (χ2n) is 4.70. The molecular formula is C15H16F3IN4O3. The summed E-state index contributed by atoms with van der Waals surface area (Å²) in [5.41, 5.74) is 6.09. The summed E-state index contributed by atoms with van der Waals surface area (Å²) in [6, 6.07) is 8.14. The number of hydrogen-bond acceptors (Lipinski definition) is 4. The molecule has 0 saturated heterocycles. The van der Waals surface area contributed by atoms with Gasteiger partial charge in [-0.3, -0.25) is 9.79 Å². The van der Waals surface area contributed by atoms with E-state index in [0.29, 0.717) is 5.69 Å². The van der Waals surface area contributed by atoms with Crippen LogP contribution in [0.1, 0.15) is 10.6 Å². The van der Waals surface area contributed by atoms with Gasteiger partial charge in [0.05, 0.1) is 12.8 Å². The van der Waals surface area contributed by atoms with Crippen LogP contribution in [0.3, 0.4) is 0 Å². The number of anilines is 1. The standard InChI is InChI=1S/C15H15F3N4O3.HI/c16-15(17,18)25-11-5-3-10(4-6-11)22-14(19)21-8-7-20-13(23)12-2-1-9-24-12;/h1-6,9H,7-8H2,(H,20,23)(H3,19,21,22);1H. The molecule has 7 nitrogen and oxygen atoms in total.